The topological polar surface area (TPSA) is 92.4 Å². The molecule has 8 nitrogen and oxygen atoms in total. The lowest BCUT2D eigenvalue weighted by molar-refractivity contribution is 0.243. The number of nitrogens with two attached hydrogens (primary N) is 1. The Morgan fingerprint density at radius 1 is 1.16 bits per heavy atom. The highest BCUT2D eigenvalue weighted by Crippen LogP contribution is 2.31. The molecule has 1 saturated heterocycles. The lowest BCUT2D eigenvalue weighted by Crippen LogP contribution is -2.50. The molecule has 1 aliphatic rings. The third-order valence-electron chi connectivity index (χ3n) is 4.94. The maximum atomic E-state index is 13.8. The monoisotopic (exact) mass is 441 g/mol. The number of halogens is 1. The molecule has 0 amide bonds. The summed E-state index contributed by atoms with van der Waals surface area (Å²) in [7, 11) is 0. The first-order valence-electron chi connectivity index (χ1n) is 10.0. The van der Waals surface area contributed by atoms with Crippen molar-refractivity contribution in [2.24, 2.45) is 5.73 Å². The summed E-state index contributed by atoms with van der Waals surface area (Å²) in [5, 5.41) is 3.66. The van der Waals surface area contributed by atoms with Crippen LogP contribution < -0.4 is 20.7 Å². The Hall–Kier alpha value is -3.27. The van der Waals surface area contributed by atoms with Gasteiger partial charge in [0.1, 0.15) is 29.2 Å². The molecule has 162 valence electrons. The van der Waals surface area contributed by atoms with E-state index in [9.17, 15) is 4.39 Å². The van der Waals surface area contributed by atoms with Gasteiger partial charge >= 0.3 is 0 Å². The SMILES string of the molecule is CC(C)Oc1cc(F)ccc1Nc1ncnc2ccc(N3CCN(C(N)=S)CC3)nc12. The number of fused-ring (bicyclic) bond motifs is 1. The Labute approximate surface area is 185 Å². The Morgan fingerprint density at radius 3 is 2.65 bits per heavy atom. The average molecular weight is 442 g/mol. The van der Waals surface area contributed by atoms with Gasteiger partial charge in [-0.15, -0.1) is 0 Å². The molecular weight excluding hydrogens is 417 g/mol. The fourth-order valence-electron chi connectivity index (χ4n) is 3.43. The van der Waals surface area contributed by atoms with Crippen LogP contribution in [0.1, 0.15) is 13.8 Å². The number of piperazine rings is 1. The van der Waals surface area contributed by atoms with Crippen molar-refractivity contribution >= 4 is 45.7 Å². The second-order valence-corrected chi connectivity index (χ2v) is 7.92. The first-order valence-corrected chi connectivity index (χ1v) is 10.5. The lowest BCUT2D eigenvalue weighted by atomic mass is 10.2. The Morgan fingerprint density at radius 2 is 1.94 bits per heavy atom. The van der Waals surface area contributed by atoms with Crippen molar-refractivity contribution in [3.05, 3.63) is 42.5 Å². The molecule has 0 unspecified atom stereocenters. The summed E-state index contributed by atoms with van der Waals surface area (Å²) >= 11 is 5.07. The third-order valence-corrected chi connectivity index (χ3v) is 5.20. The number of pyridine rings is 1. The molecular formula is C21H24FN7OS. The zero-order chi connectivity index (χ0) is 22.0. The zero-order valence-corrected chi connectivity index (χ0v) is 18.2. The van der Waals surface area contributed by atoms with Crippen LogP contribution in [0.2, 0.25) is 0 Å². The number of aromatic nitrogens is 3. The number of benzene rings is 1. The van der Waals surface area contributed by atoms with Crippen LogP contribution in [0.3, 0.4) is 0 Å². The summed E-state index contributed by atoms with van der Waals surface area (Å²) in [5.41, 5.74) is 7.67. The minimum atomic E-state index is -0.370. The number of anilines is 3. The second-order valence-electron chi connectivity index (χ2n) is 7.50. The van der Waals surface area contributed by atoms with Crippen LogP contribution >= 0.6 is 12.2 Å². The molecule has 3 heterocycles. The van der Waals surface area contributed by atoms with E-state index >= 15 is 0 Å². The minimum absolute atomic E-state index is 0.103. The first kappa shape index (κ1) is 21.0. The van der Waals surface area contributed by atoms with Gasteiger partial charge in [-0.25, -0.2) is 19.3 Å². The zero-order valence-electron chi connectivity index (χ0n) is 17.4. The summed E-state index contributed by atoms with van der Waals surface area (Å²) in [5.74, 6) is 1.39. The maximum absolute atomic E-state index is 13.8. The van der Waals surface area contributed by atoms with E-state index in [-0.39, 0.29) is 11.9 Å². The minimum Gasteiger partial charge on any atom is -0.489 e. The fourth-order valence-corrected chi connectivity index (χ4v) is 3.61. The van der Waals surface area contributed by atoms with Gasteiger partial charge in [0.05, 0.1) is 17.3 Å². The first-order chi connectivity index (χ1) is 14.9. The molecule has 4 rings (SSSR count). The average Bonchev–Trinajstić information content (AvgIpc) is 2.75. The van der Waals surface area contributed by atoms with Gasteiger partial charge in [-0.05, 0) is 50.3 Å². The van der Waals surface area contributed by atoms with Crippen LogP contribution in [0.5, 0.6) is 5.75 Å². The largest absolute Gasteiger partial charge is 0.489 e. The van der Waals surface area contributed by atoms with E-state index in [2.05, 4.69) is 20.2 Å². The van der Waals surface area contributed by atoms with E-state index in [0.717, 1.165) is 32.0 Å². The number of thiocarbonyl (C=S) groups is 1. The van der Waals surface area contributed by atoms with Crippen LogP contribution in [-0.4, -0.2) is 57.2 Å². The van der Waals surface area contributed by atoms with Crippen molar-refractivity contribution < 1.29 is 9.13 Å². The van der Waals surface area contributed by atoms with Crippen LogP contribution in [-0.2, 0) is 0 Å². The molecule has 1 fully saturated rings. The Kier molecular flexibility index (Phi) is 5.99. The van der Waals surface area contributed by atoms with Crippen LogP contribution in [0, 0.1) is 5.82 Å². The van der Waals surface area contributed by atoms with E-state index < -0.39 is 0 Å². The summed E-state index contributed by atoms with van der Waals surface area (Å²) < 4.78 is 19.5. The van der Waals surface area contributed by atoms with Gasteiger partial charge in [0.25, 0.3) is 0 Å². The smallest absolute Gasteiger partial charge is 0.166 e. The van der Waals surface area contributed by atoms with Gasteiger partial charge < -0.3 is 25.6 Å². The number of nitrogens with zero attached hydrogens (tertiary/aromatic N) is 5. The normalized spacial score (nSPS) is 14.2. The summed E-state index contributed by atoms with van der Waals surface area (Å²) in [4.78, 5) is 17.7. The van der Waals surface area contributed by atoms with Crippen molar-refractivity contribution in [3.8, 4) is 5.75 Å². The quantitative estimate of drug-likeness (QED) is 0.580. The van der Waals surface area contributed by atoms with E-state index in [1.165, 1.54) is 18.5 Å². The second kappa shape index (κ2) is 8.84. The van der Waals surface area contributed by atoms with Crippen LogP contribution in [0.15, 0.2) is 36.7 Å². The molecule has 0 aliphatic carbocycles. The van der Waals surface area contributed by atoms with Crippen molar-refractivity contribution in [3.63, 3.8) is 0 Å². The molecule has 0 radical (unpaired) electrons. The van der Waals surface area contributed by atoms with Gasteiger partial charge in [0, 0.05) is 32.2 Å². The fraction of sp³-hybridized carbons (Fsp3) is 0.333. The van der Waals surface area contributed by atoms with Gasteiger partial charge in [-0.3, -0.25) is 0 Å². The molecule has 3 N–H and O–H groups in total. The van der Waals surface area contributed by atoms with Gasteiger partial charge in [0.15, 0.2) is 10.9 Å². The molecule has 0 atom stereocenters. The van der Waals surface area contributed by atoms with Crippen molar-refractivity contribution in [1.82, 2.24) is 19.9 Å². The molecule has 10 heteroatoms. The highest BCUT2D eigenvalue weighted by molar-refractivity contribution is 7.80. The molecule has 0 saturated carbocycles. The Bertz CT molecular complexity index is 1100. The van der Waals surface area contributed by atoms with E-state index in [1.807, 2.05) is 30.9 Å². The number of nitrogens with one attached hydrogen (secondary N) is 1. The third kappa shape index (κ3) is 4.74. The van der Waals surface area contributed by atoms with E-state index in [1.54, 1.807) is 6.07 Å². The number of ether oxygens (including phenoxy) is 1. The van der Waals surface area contributed by atoms with E-state index in [0.29, 0.717) is 33.4 Å². The molecule has 1 aromatic carbocycles. The summed E-state index contributed by atoms with van der Waals surface area (Å²) in [6.07, 6.45) is 1.37. The van der Waals surface area contributed by atoms with Crippen LogP contribution in [0.25, 0.3) is 11.0 Å². The number of rotatable bonds is 5. The predicted octanol–water partition coefficient (Wildman–Crippen LogP) is 3.06. The van der Waals surface area contributed by atoms with Gasteiger partial charge in [0.2, 0.25) is 0 Å². The Balaban J connectivity index is 1.64. The molecule has 3 aromatic rings. The van der Waals surface area contributed by atoms with E-state index in [4.69, 9.17) is 27.7 Å². The van der Waals surface area contributed by atoms with Crippen molar-refractivity contribution in [2.45, 2.75) is 20.0 Å². The summed E-state index contributed by atoms with van der Waals surface area (Å²) in [6.45, 7) is 6.79. The molecule has 0 bridgehead atoms. The van der Waals surface area contributed by atoms with Gasteiger partial charge in [-0.2, -0.15) is 0 Å². The highest BCUT2D eigenvalue weighted by atomic mass is 32.1. The standard InChI is InChI=1S/C21H24FN7OS/c1-13(2)30-17-11-14(22)3-4-15(17)26-20-19-16(24-12-25-20)5-6-18(27-19)28-7-9-29(10-8-28)21(23)31/h3-6,11-13H,7-10H2,1-2H3,(H2,23,31)(H,24,25,26). The number of hydrogen-bond acceptors (Lipinski definition) is 7. The van der Waals surface area contributed by atoms with Gasteiger partial charge in [-0.1, -0.05) is 0 Å². The van der Waals surface area contributed by atoms with Crippen molar-refractivity contribution in [1.29, 1.82) is 0 Å². The molecule has 1 aliphatic heterocycles. The predicted molar refractivity (Wildman–Crippen MR) is 123 cm³/mol. The highest BCUT2D eigenvalue weighted by Gasteiger charge is 2.20. The van der Waals surface area contributed by atoms with Crippen LogP contribution in [0.4, 0.5) is 21.7 Å². The molecule has 0 spiro atoms. The summed E-state index contributed by atoms with van der Waals surface area (Å²) in [6, 6.07) is 8.21. The maximum Gasteiger partial charge on any atom is 0.166 e. The van der Waals surface area contributed by atoms with Crippen molar-refractivity contribution in [2.75, 3.05) is 36.4 Å². The molecule has 2 aromatic heterocycles. The lowest BCUT2D eigenvalue weighted by Gasteiger charge is -2.35. The number of hydrogen-bond donors (Lipinski definition) is 2. The molecule has 31 heavy (non-hydrogen) atoms.